The van der Waals surface area contributed by atoms with E-state index in [1.165, 1.54) is 0 Å². The summed E-state index contributed by atoms with van der Waals surface area (Å²) in [7, 11) is 0. The highest BCUT2D eigenvalue weighted by Gasteiger charge is 2.36. The van der Waals surface area contributed by atoms with Gasteiger partial charge in [0.2, 0.25) is 0 Å². The van der Waals surface area contributed by atoms with Crippen LogP contribution in [0.25, 0.3) is 4.96 Å². The van der Waals surface area contributed by atoms with Crippen molar-refractivity contribution in [3.8, 4) is 0 Å². The summed E-state index contributed by atoms with van der Waals surface area (Å²) < 4.78 is 2.02. The van der Waals surface area contributed by atoms with Crippen molar-refractivity contribution in [3.63, 3.8) is 0 Å². The van der Waals surface area contributed by atoms with E-state index < -0.39 is 5.60 Å². The highest BCUT2D eigenvalue weighted by atomic mass is 32.2. The molecule has 16 heavy (non-hydrogen) atoms. The Morgan fingerprint density at radius 2 is 2.56 bits per heavy atom. The van der Waals surface area contributed by atoms with Crippen molar-refractivity contribution < 1.29 is 5.11 Å². The van der Waals surface area contributed by atoms with E-state index in [1.807, 2.05) is 33.9 Å². The fraction of sp³-hybridized carbons (Fsp3) is 0.545. The number of rotatable bonds is 2. The molecule has 0 aliphatic carbocycles. The number of fused-ring (bicyclic) bond motifs is 1. The zero-order valence-electron chi connectivity index (χ0n) is 9.09. The minimum absolute atomic E-state index is 0.548. The van der Waals surface area contributed by atoms with E-state index in [0.717, 1.165) is 22.8 Å². The molecule has 2 aromatic rings. The van der Waals surface area contributed by atoms with Gasteiger partial charge in [0, 0.05) is 35.2 Å². The van der Waals surface area contributed by atoms with E-state index in [-0.39, 0.29) is 0 Å². The van der Waals surface area contributed by atoms with Crippen LogP contribution in [0.1, 0.15) is 19.0 Å². The lowest BCUT2D eigenvalue weighted by Gasteiger charge is -2.19. The molecule has 1 saturated heterocycles. The molecule has 1 aliphatic rings. The molecule has 2 unspecified atom stereocenters. The quantitative estimate of drug-likeness (QED) is 0.892. The molecule has 2 atom stereocenters. The zero-order chi connectivity index (χ0) is 11.2. The summed E-state index contributed by atoms with van der Waals surface area (Å²) >= 11 is 3.48. The van der Waals surface area contributed by atoms with Gasteiger partial charge in [-0.2, -0.15) is 11.8 Å². The van der Waals surface area contributed by atoms with Crippen LogP contribution in [0.2, 0.25) is 0 Å². The number of hydrogen-bond acceptors (Lipinski definition) is 4. The van der Waals surface area contributed by atoms with Gasteiger partial charge in [-0.1, -0.05) is 6.92 Å². The number of aliphatic hydroxyl groups is 1. The van der Waals surface area contributed by atoms with Gasteiger partial charge in [0.05, 0.1) is 11.3 Å². The Morgan fingerprint density at radius 3 is 3.25 bits per heavy atom. The second kappa shape index (κ2) is 3.75. The second-order valence-electron chi connectivity index (χ2n) is 4.55. The van der Waals surface area contributed by atoms with Crippen LogP contribution in [0.15, 0.2) is 17.8 Å². The van der Waals surface area contributed by atoms with Gasteiger partial charge in [-0.05, 0) is 6.42 Å². The molecular formula is C11H14N2OS2. The molecule has 3 rings (SSSR count). The Hall–Kier alpha value is -0.520. The maximum Gasteiger partial charge on any atom is 0.193 e. The van der Waals surface area contributed by atoms with Crippen LogP contribution in [-0.4, -0.2) is 31.1 Å². The lowest BCUT2D eigenvalue weighted by atomic mass is 9.95. The van der Waals surface area contributed by atoms with Gasteiger partial charge in [-0.15, -0.1) is 11.3 Å². The highest BCUT2D eigenvalue weighted by Crippen LogP contribution is 2.36. The third kappa shape index (κ3) is 1.87. The molecule has 1 fully saturated rings. The van der Waals surface area contributed by atoms with E-state index in [4.69, 9.17) is 0 Å². The minimum atomic E-state index is -0.548. The molecule has 0 bridgehead atoms. The van der Waals surface area contributed by atoms with Gasteiger partial charge in [0.15, 0.2) is 4.96 Å². The summed E-state index contributed by atoms with van der Waals surface area (Å²) in [5, 5.41) is 13.0. The first-order chi connectivity index (χ1) is 7.65. The van der Waals surface area contributed by atoms with Crippen molar-refractivity contribution in [2.24, 2.45) is 0 Å². The van der Waals surface area contributed by atoms with Crippen molar-refractivity contribution in [2.45, 2.75) is 30.6 Å². The molecule has 0 aromatic carbocycles. The summed E-state index contributed by atoms with van der Waals surface area (Å²) in [5.74, 6) is 0.833. The van der Waals surface area contributed by atoms with Crippen LogP contribution >= 0.6 is 23.1 Å². The maximum atomic E-state index is 10.4. The van der Waals surface area contributed by atoms with Gasteiger partial charge < -0.3 is 5.11 Å². The van der Waals surface area contributed by atoms with E-state index in [0.29, 0.717) is 11.7 Å². The summed E-state index contributed by atoms with van der Waals surface area (Å²) in [6.07, 6.45) is 5.59. The van der Waals surface area contributed by atoms with E-state index >= 15 is 0 Å². The standard InChI is InChI=1S/C11H14N2OS2/c1-8-4-11(14,7-16-8)5-9-6-13-2-3-15-10(13)12-9/h2-3,6,8,14H,4-5,7H2,1H3. The molecule has 86 valence electrons. The van der Waals surface area contributed by atoms with Gasteiger partial charge >= 0.3 is 0 Å². The molecule has 1 N–H and O–H groups in total. The topological polar surface area (TPSA) is 37.5 Å². The largest absolute Gasteiger partial charge is 0.389 e. The summed E-state index contributed by atoms with van der Waals surface area (Å²) in [6, 6.07) is 0. The van der Waals surface area contributed by atoms with Gasteiger partial charge in [-0.25, -0.2) is 4.98 Å². The average molecular weight is 254 g/mol. The SMILES string of the molecule is CC1CC(O)(Cc2cn3ccsc3n2)CS1. The van der Waals surface area contributed by atoms with Crippen LogP contribution in [0.4, 0.5) is 0 Å². The molecule has 0 amide bonds. The first kappa shape index (κ1) is 10.6. The second-order valence-corrected chi connectivity index (χ2v) is 6.85. The normalized spacial score (nSPS) is 30.2. The van der Waals surface area contributed by atoms with E-state index in [1.54, 1.807) is 11.3 Å². The molecule has 3 heterocycles. The summed E-state index contributed by atoms with van der Waals surface area (Å²) in [6.45, 7) is 2.17. The number of hydrogen-bond donors (Lipinski definition) is 1. The maximum absolute atomic E-state index is 10.4. The van der Waals surface area contributed by atoms with Crippen LogP contribution < -0.4 is 0 Å². The van der Waals surface area contributed by atoms with Gasteiger partial charge in [0.25, 0.3) is 0 Å². The fourth-order valence-electron chi connectivity index (χ4n) is 2.27. The van der Waals surface area contributed by atoms with Gasteiger partial charge in [-0.3, -0.25) is 4.40 Å². The Morgan fingerprint density at radius 1 is 1.69 bits per heavy atom. The van der Waals surface area contributed by atoms with Crippen molar-refractivity contribution in [2.75, 3.05) is 5.75 Å². The van der Waals surface area contributed by atoms with Crippen LogP contribution in [0.5, 0.6) is 0 Å². The smallest absolute Gasteiger partial charge is 0.193 e. The monoisotopic (exact) mass is 254 g/mol. The molecule has 3 nitrogen and oxygen atoms in total. The zero-order valence-corrected chi connectivity index (χ0v) is 10.7. The molecule has 0 spiro atoms. The first-order valence-corrected chi connectivity index (χ1v) is 7.33. The van der Waals surface area contributed by atoms with Crippen LogP contribution in [0.3, 0.4) is 0 Å². The first-order valence-electron chi connectivity index (χ1n) is 5.40. The average Bonchev–Trinajstić information content (AvgIpc) is 2.81. The predicted octanol–water partition coefficient (Wildman–Crippen LogP) is 2.19. The predicted molar refractivity (Wildman–Crippen MR) is 68.3 cm³/mol. The molecule has 2 aromatic heterocycles. The Kier molecular flexibility index (Phi) is 2.49. The number of nitrogens with zero attached hydrogens (tertiary/aromatic N) is 2. The lowest BCUT2D eigenvalue weighted by molar-refractivity contribution is 0.0634. The number of thioether (sulfide) groups is 1. The van der Waals surface area contributed by atoms with Crippen molar-refractivity contribution >= 4 is 28.1 Å². The molecule has 0 saturated carbocycles. The van der Waals surface area contributed by atoms with Gasteiger partial charge in [0.1, 0.15) is 0 Å². The highest BCUT2D eigenvalue weighted by molar-refractivity contribution is 8.00. The third-order valence-corrected chi connectivity index (χ3v) is 5.17. The number of imidazole rings is 1. The Balaban J connectivity index is 1.82. The summed E-state index contributed by atoms with van der Waals surface area (Å²) in [5.41, 5.74) is 0.456. The Bertz CT molecular complexity index is 478. The van der Waals surface area contributed by atoms with Crippen molar-refractivity contribution in [3.05, 3.63) is 23.5 Å². The number of thiazole rings is 1. The summed E-state index contributed by atoms with van der Waals surface area (Å²) in [4.78, 5) is 5.53. The van der Waals surface area contributed by atoms with Crippen molar-refractivity contribution in [1.29, 1.82) is 0 Å². The van der Waals surface area contributed by atoms with Crippen molar-refractivity contribution in [1.82, 2.24) is 9.38 Å². The molecule has 1 aliphatic heterocycles. The van der Waals surface area contributed by atoms with Crippen LogP contribution in [-0.2, 0) is 6.42 Å². The van der Waals surface area contributed by atoms with Crippen LogP contribution in [0, 0.1) is 0 Å². The lowest BCUT2D eigenvalue weighted by Crippen LogP contribution is -2.31. The molecular weight excluding hydrogens is 240 g/mol. The third-order valence-electron chi connectivity index (χ3n) is 2.96. The molecule has 0 radical (unpaired) electrons. The minimum Gasteiger partial charge on any atom is -0.389 e. The van der Waals surface area contributed by atoms with E-state index in [9.17, 15) is 5.11 Å². The molecule has 5 heteroatoms. The fourth-order valence-corrected chi connectivity index (χ4v) is 4.23. The van der Waals surface area contributed by atoms with E-state index in [2.05, 4.69) is 11.9 Å². The Labute approximate surface area is 103 Å². The number of aromatic nitrogens is 2.